The summed E-state index contributed by atoms with van der Waals surface area (Å²) in [6.45, 7) is 5.84. The van der Waals surface area contributed by atoms with Gasteiger partial charge in [0.15, 0.2) is 6.29 Å². The van der Waals surface area contributed by atoms with Crippen LogP contribution in [0.1, 0.15) is 27.7 Å². The van der Waals surface area contributed by atoms with E-state index in [1.807, 2.05) is 0 Å². The van der Waals surface area contributed by atoms with Gasteiger partial charge in [0.2, 0.25) is 5.91 Å². The summed E-state index contributed by atoms with van der Waals surface area (Å²) < 4.78 is 4.92. The molecular formula is C10H21NO5. The second-order valence-electron chi connectivity index (χ2n) is 3.91. The van der Waals surface area contributed by atoms with Crippen molar-refractivity contribution < 1.29 is 24.9 Å². The fraction of sp³-hybridized carbons (Fsp3) is 0.900. The zero-order valence-electron chi connectivity index (χ0n) is 10.0. The summed E-state index contributed by atoms with van der Waals surface area (Å²) in [4.78, 5) is 10.8. The largest absolute Gasteiger partial charge is 0.388 e. The molecule has 0 saturated heterocycles. The lowest BCUT2D eigenvalue weighted by atomic mass is 10.0. The normalized spacial score (nSPS) is 20.7. The van der Waals surface area contributed by atoms with Crippen molar-refractivity contribution in [1.82, 2.24) is 5.32 Å². The third-order valence-electron chi connectivity index (χ3n) is 2.19. The molecule has 6 heteroatoms. The quantitative estimate of drug-likeness (QED) is 0.441. The van der Waals surface area contributed by atoms with E-state index >= 15 is 0 Å². The highest BCUT2D eigenvalue weighted by Gasteiger charge is 2.29. The van der Waals surface area contributed by atoms with E-state index in [0.29, 0.717) is 0 Å². The first-order chi connectivity index (χ1) is 7.25. The van der Waals surface area contributed by atoms with Crippen molar-refractivity contribution in [3.05, 3.63) is 0 Å². The maximum Gasteiger partial charge on any atom is 0.217 e. The second kappa shape index (κ2) is 6.80. The maximum atomic E-state index is 10.8. The molecule has 0 aliphatic heterocycles. The number of rotatable bonds is 6. The van der Waals surface area contributed by atoms with Crippen molar-refractivity contribution in [3.8, 4) is 0 Å². The molecule has 96 valence electrons. The Morgan fingerprint density at radius 3 is 2.00 bits per heavy atom. The van der Waals surface area contributed by atoms with Crippen LogP contribution < -0.4 is 5.32 Å². The summed E-state index contributed by atoms with van der Waals surface area (Å²) in [7, 11) is 0. The first-order valence-corrected chi connectivity index (χ1v) is 5.22. The van der Waals surface area contributed by atoms with Crippen LogP contribution in [0.15, 0.2) is 0 Å². The summed E-state index contributed by atoms with van der Waals surface area (Å²) in [5, 5.41) is 30.8. The van der Waals surface area contributed by atoms with Crippen LogP contribution in [0.25, 0.3) is 0 Å². The predicted octanol–water partition coefficient (Wildman–Crippen LogP) is -1.02. The number of ether oxygens (including phenoxy) is 1. The molecule has 16 heavy (non-hydrogen) atoms. The van der Waals surface area contributed by atoms with Gasteiger partial charge in [-0.2, -0.15) is 0 Å². The molecule has 0 fully saturated rings. The first-order valence-electron chi connectivity index (χ1n) is 5.22. The SMILES string of the molecule is CC(=O)N[C@@H](C)[C@H](O)[C@H](O)[C@@H](C)O[C@H](C)O. The lowest BCUT2D eigenvalue weighted by Crippen LogP contribution is -2.50. The summed E-state index contributed by atoms with van der Waals surface area (Å²) in [5.41, 5.74) is 0. The van der Waals surface area contributed by atoms with Gasteiger partial charge < -0.3 is 25.4 Å². The van der Waals surface area contributed by atoms with Crippen LogP contribution in [-0.4, -0.2) is 51.9 Å². The lowest BCUT2D eigenvalue weighted by molar-refractivity contribution is -0.169. The molecule has 0 heterocycles. The van der Waals surface area contributed by atoms with Gasteiger partial charge >= 0.3 is 0 Å². The minimum absolute atomic E-state index is 0.289. The fourth-order valence-corrected chi connectivity index (χ4v) is 1.37. The molecule has 6 nitrogen and oxygen atoms in total. The fourth-order valence-electron chi connectivity index (χ4n) is 1.37. The zero-order chi connectivity index (χ0) is 12.9. The molecular weight excluding hydrogens is 214 g/mol. The number of aliphatic hydroxyl groups excluding tert-OH is 3. The maximum absolute atomic E-state index is 10.8. The van der Waals surface area contributed by atoms with Crippen molar-refractivity contribution in [2.24, 2.45) is 0 Å². The Morgan fingerprint density at radius 2 is 1.62 bits per heavy atom. The van der Waals surface area contributed by atoms with Gasteiger partial charge in [0.05, 0.1) is 12.1 Å². The van der Waals surface area contributed by atoms with E-state index in [2.05, 4.69) is 5.32 Å². The van der Waals surface area contributed by atoms with Gasteiger partial charge in [-0.05, 0) is 20.8 Å². The predicted molar refractivity (Wildman–Crippen MR) is 57.5 cm³/mol. The van der Waals surface area contributed by atoms with E-state index in [1.54, 1.807) is 6.92 Å². The number of carbonyl (C=O) groups excluding carboxylic acids is 1. The monoisotopic (exact) mass is 235 g/mol. The molecule has 0 unspecified atom stereocenters. The molecule has 0 saturated carbocycles. The topological polar surface area (TPSA) is 99.0 Å². The minimum atomic E-state index is -1.18. The minimum Gasteiger partial charge on any atom is -0.388 e. The Bertz CT molecular complexity index is 221. The van der Waals surface area contributed by atoms with Gasteiger partial charge in [0.1, 0.15) is 12.2 Å². The third-order valence-corrected chi connectivity index (χ3v) is 2.19. The Labute approximate surface area is 95.2 Å². The third kappa shape index (κ3) is 5.41. The van der Waals surface area contributed by atoms with E-state index in [0.717, 1.165) is 0 Å². The standard InChI is InChI=1S/C10H21NO5/c1-5(11-7(3)12)9(14)10(15)6(2)16-8(4)13/h5-6,8-10,13-15H,1-4H3,(H,11,12)/t5-,6+,8+,9-,10+/m0/s1. The van der Waals surface area contributed by atoms with E-state index in [4.69, 9.17) is 9.84 Å². The molecule has 0 rings (SSSR count). The van der Waals surface area contributed by atoms with Crippen LogP contribution in [0, 0.1) is 0 Å². The molecule has 0 aliphatic carbocycles. The van der Waals surface area contributed by atoms with Crippen LogP contribution >= 0.6 is 0 Å². The molecule has 0 radical (unpaired) electrons. The molecule has 0 spiro atoms. The Balaban J connectivity index is 4.24. The molecule has 0 aliphatic rings. The number of nitrogens with one attached hydrogen (secondary N) is 1. The Kier molecular flexibility index (Phi) is 6.51. The number of carbonyl (C=O) groups is 1. The zero-order valence-corrected chi connectivity index (χ0v) is 10.0. The van der Waals surface area contributed by atoms with E-state index in [1.165, 1.54) is 20.8 Å². The molecule has 5 atom stereocenters. The smallest absolute Gasteiger partial charge is 0.217 e. The Hall–Kier alpha value is -0.690. The number of hydrogen-bond donors (Lipinski definition) is 4. The van der Waals surface area contributed by atoms with Gasteiger partial charge in [-0.1, -0.05) is 0 Å². The van der Waals surface area contributed by atoms with E-state index in [9.17, 15) is 15.0 Å². The summed E-state index contributed by atoms with van der Waals surface area (Å²) >= 11 is 0. The first kappa shape index (κ1) is 15.3. The second-order valence-corrected chi connectivity index (χ2v) is 3.91. The number of aliphatic hydroxyl groups is 3. The number of hydrogen-bond acceptors (Lipinski definition) is 5. The molecule has 1 amide bonds. The average Bonchev–Trinajstić information content (AvgIpc) is 2.13. The molecule has 0 aromatic carbocycles. The van der Waals surface area contributed by atoms with Crippen LogP contribution in [0.4, 0.5) is 0 Å². The molecule has 0 aromatic heterocycles. The molecule has 0 aromatic rings. The van der Waals surface area contributed by atoms with Crippen LogP contribution in [0.3, 0.4) is 0 Å². The van der Waals surface area contributed by atoms with Gasteiger partial charge in [-0.25, -0.2) is 0 Å². The van der Waals surface area contributed by atoms with Crippen molar-refractivity contribution in [1.29, 1.82) is 0 Å². The van der Waals surface area contributed by atoms with Gasteiger partial charge in [0, 0.05) is 6.92 Å². The van der Waals surface area contributed by atoms with Crippen molar-refractivity contribution in [2.45, 2.75) is 58.3 Å². The highest BCUT2D eigenvalue weighted by molar-refractivity contribution is 5.73. The van der Waals surface area contributed by atoms with Crippen molar-refractivity contribution >= 4 is 5.91 Å². The van der Waals surface area contributed by atoms with Crippen LogP contribution in [-0.2, 0) is 9.53 Å². The van der Waals surface area contributed by atoms with E-state index in [-0.39, 0.29) is 5.91 Å². The van der Waals surface area contributed by atoms with Crippen LogP contribution in [0.5, 0.6) is 0 Å². The summed E-state index contributed by atoms with van der Waals surface area (Å²) in [6, 6.07) is -0.590. The average molecular weight is 235 g/mol. The van der Waals surface area contributed by atoms with Gasteiger partial charge in [-0.15, -0.1) is 0 Å². The van der Waals surface area contributed by atoms with E-state index < -0.39 is 30.6 Å². The number of amides is 1. The Morgan fingerprint density at radius 1 is 1.12 bits per heavy atom. The van der Waals surface area contributed by atoms with Crippen LogP contribution in [0.2, 0.25) is 0 Å². The highest BCUT2D eigenvalue weighted by Crippen LogP contribution is 2.09. The van der Waals surface area contributed by atoms with Gasteiger partial charge in [-0.3, -0.25) is 4.79 Å². The summed E-state index contributed by atoms with van der Waals surface area (Å²) in [6.07, 6.45) is -4.09. The van der Waals surface area contributed by atoms with Crippen molar-refractivity contribution in [3.63, 3.8) is 0 Å². The lowest BCUT2D eigenvalue weighted by Gasteiger charge is -2.29. The highest BCUT2D eigenvalue weighted by atomic mass is 16.6. The van der Waals surface area contributed by atoms with Crippen molar-refractivity contribution in [2.75, 3.05) is 0 Å². The van der Waals surface area contributed by atoms with Gasteiger partial charge in [0.25, 0.3) is 0 Å². The summed E-state index contributed by atoms with van der Waals surface area (Å²) in [5.74, 6) is -0.289. The molecule has 0 bridgehead atoms. The molecule has 4 N–H and O–H groups in total.